The summed E-state index contributed by atoms with van der Waals surface area (Å²) >= 11 is 0. The van der Waals surface area contributed by atoms with Gasteiger partial charge in [-0.2, -0.15) is 0 Å². The predicted molar refractivity (Wildman–Crippen MR) is 234 cm³/mol. The van der Waals surface area contributed by atoms with Crippen LogP contribution in [0.25, 0.3) is 121 Å². The van der Waals surface area contributed by atoms with Crippen LogP contribution in [-0.2, 0) is 0 Å². The molecule has 0 amide bonds. The summed E-state index contributed by atoms with van der Waals surface area (Å²) in [6.45, 7) is 0. The second-order valence-corrected chi connectivity index (χ2v) is 14.9. The predicted octanol–water partition coefficient (Wildman–Crippen LogP) is 13.5. The summed E-state index contributed by atoms with van der Waals surface area (Å²) in [4.78, 5) is 11.1. The molecule has 13 rings (SSSR count). The van der Waals surface area contributed by atoms with Gasteiger partial charge in [0.25, 0.3) is 0 Å². The molecule has 0 spiro atoms. The summed E-state index contributed by atoms with van der Waals surface area (Å²) in [6, 6.07) is 65.8. The zero-order chi connectivity index (χ0) is 36.5. The van der Waals surface area contributed by atoms with Crippen molar-refractivity contribution in [2.75, 3.05) is 0 Å². The topological polar surface area (TPSA) is 35.1 Å². The van der Waals surface area contributed by atoms with Crippen LogP contribution in [0.3, 0.4) is 0 Å². The van der Waals surface area contributed by atoms with E-state index in [-0.39, 0.29) is 0 Å². The number of aromatic nitrogens is 4. The quantitative estimate of drug-likeness (QED) is 0.171. The lowest BCUT2D eigenvalue weighted by molar-refractivity contribution is 1.02. The molecule has 4 nitrogen and oxygen atoms in total. The summed E-state index contributed by atoms with van der Waals surface area (Å²) in [7, 11) is 0. The van der Waals surface area contributed by atoms with Crippen LogP contribution in [0.4, 0.5) is 0 Å². The maximum atomic E-state index is 5.54. The van der Waals surface area contributed by atoms with E-state index in [0.717, 1.165) is 44.0 Å². The van der Waals surface area contributed by atoms with Gasteiger partial charge in [0.15, 0.2) is 0 Å². The van der Waals surface area contributed by atoms with Crippen molar-refractivity contribution in [3.63, 3.8) is 0 Å². The van der Waals surface area contributed by atoms with Crippen molar-refractivity contribution in [1.82, 2.24) is 18.9 Å². The van der Waals surface area contributed by atoms with E-state index < -0.39 is 0 Å². The SMILES string of the molecule is c1ccc(-c2ccc(-c3nc(-n4c5cccc6c5c5c4cccc5n4c5ccccc5c5cc7ccccc7c6c54)nc4c3ccc3ccccc34)cc2)cc1. The first-order valence-electron chi connectivity index (χ1n) is 19.2. The minimum Gasteiger partial charge on any atom is -0.308 e. The van der Waals surface area contributed by atoms with Crippen LogP contribution in [0.2, 0.25) is 0 Å². The maximum absolute atomic E-state index is 5.54. The monoisotopic (exact) mass is 710 g/mol. The molecule has 13 aromatic rings. The van der Waals surface area contributed by atoms with E-state index in [9.17, 15) is 0 Å². The largest absolute Gasteiger partial charge is 0.308 e. The van der Waals surface area contributed by atoms with Crippen molar-refractivity contribution in [1.29, 1.82) is 0 Å². The Bertz CT molecular complexity index is 3710. The molecule has 0 N–H and O–H groups in total. The smallest absolute Gasteiger partial charge is 0.235 e. The number of benzene rings is 9. The van der Waals surface area contributed by atoms with E-state index in [0.29, 0.717) is 5.95 Å². The fourth-order valence-corrected chi connectivity index (χ4v) is 9.64. The molecule has 0 saturated heterocycles. The van der Waals surface area contributed by atoms with Crippen LogP contribution >= 0.6 is 0 Å². The highest BCUT2D eigenvalue weighted by Crippen LogP contribution is 2.46. The van der Waals surface area contributed by atoms with E-state index >= 15 is 0 Å². The molecule has 4 aromatic heterocycles. The molecule has 0 saturated carbocycles. The lowest BCUT2D eigenvalue weighted by atomic mass is 9.98. The molecule has 0 aliphatic carbocycles. The first-order valence-corrected chi connectivity index (χ1v) is 19.2. The second kappa shape index (κ2) is 11.0. The van der Waals surface area contributed by atoms with E-state index in [1.807, 2.05) is 0 Å². The summed E-state index contributed by atoms with van der Waals surface area (Å²) in [5.41, 5.74) is 11.1. The lowest BCUT2D eigenvalue weighted by Crippen LogP contribution is -2.04. The minimum atomic E-state index is 0.659. The molecule has 0 aliphatic rings. The molecule has 56 heavy (non-hydrogen) atoms. The van der Waals surface area contributed by atoms with Crippen LogP contribution in [0.15, 0.2) is 182 Å². The van der Waals surface area contributed by atoms with Crippen molar-refractivity contribution in [3.8, 4) is 28.3 Å². The van der Waals surface area contributed by atoms with Gasteiger partial charge < -0.3 is 4.40 Å². The van der Waals surface area contributed by atoms with Crippen LogP contribution < -0.4 is 0 Å². The molecule has 0 bridgehead atoms. The number of para-hydroxylation sites is 1. The Morgan fingerprint density at radius 1 is 0.339 bits per heavy atom. The molecule has 258 valence electrons. The second-order valence-electron chi connectivity index (χ2n) is 14.9. The summed E-state index contributed by atoms with van der Waals surface area (Å²) in [5.74, 6) is 0.659. The van der Waals surface area contributed by atoms with Gasteiger partial charge in [-0.1, -0.05) is 146 Å². The normalized spacial score (nSPS) is 12.3. The third-order valence-corrected chi connectivity index (χ3v) is 12.0. The Kier molecular flexibility index (Phi) is 5.86. The van der Waals surface area contributed by atoms with E-state index in [1.165, 1.54) is 70.8 Å². The molecule has 0 aliphatic heterocycles. The van der Waals surface area contributed by atoms with Gasteiger partial charge in [-0.15, -0.1) is 0 Å². The molecule has 0 atom stereocenters. The molecular formula is C52H30N4. The highest BCUT2D eigenvalue weighted by atomic mass is 15.2. The van der Waals surface area contributed by atoms with Crippen molar-refractivity contribution in [3.05, 3.63) is 182 Å². The molecule has 4 heteroatoms. The number of rotatable bonds is 3. The van der Waals surface area contributed by atoms with Crippen LogP contribution in [0.1, 0.15) is 0 Å². The number of fused-ring (bicyclic) bond motifs is 10. The van der Waals surface area contributed by atoms with Gasteiger partial charge in [0.2, 0.25) is 5.95 Å². The highest BCUT2D eigenvalue weighted by Gasteiger charge is 2.25. The zero-order valence-electron chi connectivity index (χ0n) is 30.1. The van der Waals surface area contributed by atoms with E-state index in [2.05, 4.69) is 191 Å². The van der Waals surface area contributed by atoms with Crippen molar-refractivity contribution < 1.29 is 0 Å². The molecule has 0 radical (unpaired) electrons. The van der Waals surface area contributed by atoms with Crippen LogP contribution in [-0.4, -0.2) is 18.9 Å². The van der Waals surface area contributed by atoms with E-state index in [1.54, 1.807) is 0 Å². The van der Waals surface area contributed by atoms with Gasteiger partial charge in [0.1, 0.15) is 0 Å². The third kappa shape index (κ3) is 3.92. The average molecular weight is 711 g/mol. The Hall–Kier alpha value is -7.56. The third-order valence-electron chi connectivity index (χ3n) is 12.0. The van der Waals surface area contributed by atoms with Gasteiger partial charge in [-0.05, 0) is 69.1 Å². The number of hydrogen-bond donors (Lipinski definition) is 0. The van der Waals surface area contributed by atoms with Crippen molar-refractivity contribution in [2.45, 2.75) is 0 Å². The van der Waals surface area contributed by atoms with Gasteiger partial charge in [-0.25, -0.2) is 9.97 Å². The van der Waals surface area contributed by atoms with E-state index in [4.69, 9.17) is 9.97 Å². The minimum absolute atomic E-state index is 0.659. The molecule has 4 heterocycles. The number of hydrogen-bond acceptors (Lipinski definition) is 2. The molecule has 9 aromatic carbocycles. The Morgan fingerprint density at radius 2 is 0.964 bits per heavy atom. The lowest BCUT2D eigenvalue weighted by Gasteiger charge is -2.14. The van der Waals surface area contributed by atoms with Crippen LogP contribution in [0, 0.1) is 0 Å². The van der Waals surface area contributed by atoms with Crippen molar-refractivity contribution >= 4 is 92.3 Å². The average Bonchev–Trinajstić information content (AvgIpc) is 3.74. The highest BCUT2D eigenvalue weighted by molar-refractivity contribution is 6.35. The zero-order valence-corrected chi connectivity index (χ0v) is 30.1. The van der Waals surface area contributed by atoms with Gasteiger partial charge in [0.05, 0.1) is 38.8 Å². The van der Waals surface area contributed by atoms with Crippen LogP contribution in [0.5, 0.6) is 0 Å². The maximum Gasteiger partial charge on any atom is 0.235 e. The Balaban J connectivity index is 1.20. The summed E-state index contributed by atoms with van der Waals surface area (Å²) < 4.78 is 4.81. The molecule has 0 unspecified atom stereocenters. The first kappa shape index (κ1) is 29.8. The molecular weight excluding hydrogens is 681 g/mol. The Morgan fingerprint density at radius 3 is 1.82 bits per heavy atom. The fourth-order valence-electron chi connectivity index (χ4n) is 9.64. The van der Waals surface area contributed by atoms with Gasteiger partial charge in [0, 0.05) is 43.3 Å². The van der Waals surface area contributed by atoms with Gasteiger partial charge in [-0.3, -0.25) is 4.57 Å². The standard InChI is InChI=1S/C52H30N4/c1-2-12-31(13-3-1)32-24-26-34(27-25-32)49-40-29-28-33-14-4-7-17-37(33)50(40)54-52(53-49)56-43-21-10-19-39-46-36-16-6-5-15-35(36)30-41-38-18-8-9-20-42(38)55(51(41)46)44-22-11-23-45(56)48(44)47(39)43/h1-30H. The fraction of sp³-hybridized carbons (Fsp3) is 0. The molecule has 0 fully saturated rings. The summed E-state index contributed by atoms with van der Waals surface area (Å²) in [6.07, 6.45) is 0. The Labute approximate surface area is 320 Å². The van der Waals surface area contributed by atoms with Gasteiger partial charge >= 0.3 is 0 Å². The van der Waals surface area contributed by atoms with Crippen molar-refractivity contribution in [2.24, 2.45) is 0 Å². The first-order chi connectivity index (χ1) is 27.8. The summed E-state index contributed by atoms with van der Waals surface area (Å²) in [5, 5.41) is 13.2. The number of nitrogens with zero attached hydrogens (tertiary/aromatic N) is 4.